The van der Waals surface area contributed by atoms with Crippen LogP contribution in [0.5, 0.6) is 0 Å². The monoisotopic (exact) mass is 261 g/mol. The number of likely N-dealkylation sites (N-methyl/N-ethyl adjacent to an activating group) is 1. The van der Waals surface area contributed by atoms with Crippen LogP contribution in [-0.2, 0) is 0 Å². The molecule has 0 amide bonds. The first-order chi connectivity index (χ1) is 8.53. The van der Waals surface area contributed by atoms with Crippen LogP contribution in [0, 0.1) is 0 Å². The van der Waals surface area contributed by atoms with Crippen molar-refractivity contribution in [1.82, 2.24) is 4.90 Å². The van der Waals surface area contributed by atoms with E-state index in [1.807, 2.05) is 52.1 Å². The molecule has 98 valence electrons. The Morgan fingerprint density at radius 1 is 1.22 bits per heavy atom. The zero-order valence-corrected chi connectivity index (χ0v) is 12.7. The SMILES string of the molecule is C=C/C=C(S)\C(=C/C)N(C)C(/C=C\C)=C(\C)C=C. The summed E-state index contributed by atoms with van der Waals surface area (Å²) in [4.78, 5) is 2.98. The highest BCUT2D eigenvalue weighted by molar-refractivity contribution is 7.84. The molecule has 0 saturated carbocycles. The van der Waals surface area contributed by atoms with E-state index in [1.54, 1.807) is 6.08 Å². The molecule has 0 bridgehead atoms. The molecule has 0 heterocycles. The Morgan fingerprint density at radius 3 is 2.22 bits per heavy atom. The molecule has 2 heteroatoms. The minimum absolute atomic E-state index is 0.883. The van der Waals surface area contributed by atoms with Crippen molar-refractivity contribution >= 4 is 12.6 Å². The lowest BCUT2D eigenvalue weighted by molar-refractivity contribution is 0.546. The van der Waals surface area contributed by atoms with Crippen molar-refractivity contribution in [3.8, 4) is 0 Å². The molecule has 0 N–H and O–H groups in total. The average molecular weight is 261 g/mol. The van der Waals surface area contributed by atoms with E-state index in [-0.39, 0.29) is 0 Å². The highest BCUT2D eigenvalue weighted by Crippen LogP contribution is 2.24. The topological polar surface area (TPSA) is 3.24 Å². The van der Waals surface area contributed by atoms with Gasteiger partial charge in [-0.15, -0.1) is 12.6 Å². The Hall–Kier alpha value is -1.41. The smallest absolute Gasteiger partial charge is 0.0500 e. The van der Waals surface area contributed by atoms with E-state index < -0.39 is 0 Å². The molecule has 18 heavy (non-hydrogen) atoms. The van der Waals surface area contributed by atoms with Crippen molar-refractivity contribution in [3.63, 3.8) is 0 Å². The van der Waals surface area contributed by atoms with Gasteiger partial charge in [-0.2, -0.15) is 0 Å². The normalized spacial score (nSPS) is 14.5. The third-order valence-corrected chi connectivity index (χ3v) is 2.95. The predicted molar refractivity (Wildman–Crippen MR) is 86.5 cm³/mol. The zero-order chi connectivity index (χ0) is 14.1. The summed E-state index contributed by atoms with van der Waals surface area (Å²) in [6.45, 7) is 13.6. The molecule has 0 saturated heterocycles. The molecule has 0 atom stereocenters. The van der Waals surface area contributed by atoms with E-state index >= 15 is 0 Å². The largest absolute Gasteiger partial charge is 0.344 e. The van der Waals surface area contributed by atoms with Crippen LogP contribution >= 0.6 is 12.6 Å². The van der Waals surface area contributed by atoms with E-state index in [2.05, 4.69) is 36.8 Å². The molecule has 0 aromatic rings. The van der Waals surface area contributed by atoms with Gasteiger partial charge in [0, 0.05) is 23.3 Å². The lowest BCUT2D eigenvalue weighted by Crippen LogP contribution is -2.17. The Bertz CT molecular complexity index is 422. The van der Waals surface area contributed by atoms with Crippen LogP contribution in [0.1, 0.15) is 20.8 Å². The maximum atomic E-state index is 4.49. The lowest BCUT2D eigenvalue weighted by Gasteiger charge is -2.25. The van der Waals surface area contributed by atoms with Crippen molar-refractivity contribution in [2.24, 2.45) is 0 Å². The third kappa shape index (κ3) is 4.46. The standard InChI is InChI=1S/C16H23NS/c1-7-11-15(13(5)9-3)17(6)14(10-4)16(18)12-8-2/h7-12,18H,2-3H2,1,4-6H3/b11-7-,14-10+,15-13+,16-12+. The summed E-state index contributed by atoms with van der Waals surface area (Å²) < 4.78 is 0. The Labute approximate surface area is 117 Å². The van der Waals surface area contributed by atoms with Gasteiger partial charge >= 0.3 is 0 Å². The van der Waals surface area contributed by atoms with E-state index in [4.69, 9.17) is 0 Å². The summed E-state index contributed by atoms with van der Waals surface area (Å²) in [6.07, 6.45) is 11.6. The van der Waals surface area contributed by atoms with Gasteiger partial charge in [0.05, 0.1) is 0 Å². The first kappa shape index (κ1) is 16.6. The number of allylic oxidation sites excluding steroid dienone is 7. The number of rotatable bonds is 6. The second-order valence-corrected chi connectivity index (χ2v) is 4.27. The summed E-state index contributed by atoms with van der Waals surface area (Å²) in [7, 11) is 2.02. The fraction of sp³-hybridized carbons (Fsp3) is 0.250. The Kier molecular flexibility index (Phi) is 7.97. The molecule has 0 spiro atoms. The van der Waals surface area contributed by atoms with Crippen LogP contribution in [0.25, 0.3) is 0 Å². The molecule has 0 unspecified atom stereocenters. The molecule has 0 aliphatic rings. The molecule has 0 aromatic carbocycles. The summed E-state index contributed by atoms with van der Waals surface area (Å²) in [6, 6.07) is 0. The van der Waals surface area contributed by atoms with Gasteiger partial charge in [0.15, 0.2) is 0 Å². The van der Waals surface area contributed by atoms with E-state index in [0.717, 1.165) is 21.9 Å². The van der Waals surface area contributed by atoms with Crippen molar-refractivity contribution in [3.05, 3.63) is 71.5 Å². The maximum absolute atomic E-state index is 4.49. The van der Waals surface area contributed by atoms with Crippen LogP contribution in [0.3, 0.4) is 0 Å². The minimum atomic E-state index is 0.883. The number of hydrogen-bond donors (Lipinski definition) is 1. The van der Waals surface area contributed by atoms with Gasteiger partial charge in [0.25, 0.3) is 0 Å². The second-order valence-electron chi connectivity index (χ2n) is 3.79. The van der Waals surface area contributed by atoms with Gasteiger partial charge in [-0.25, -0.2) is 0 Å². The summed E-state index contributed by atoms with van der Waals surface area (Å²) in [5.41, 5.74) is 3.26. The highest BCUT2D eigenvalue weighted by atomic mass is 32.1. The van der Waals surface area contributed by atoms with Gasteiger partial charge < -0.3 is 4.90 Å². The zero-order valence-electron chi connectivity index (χ0n) is 11.8. The van der Waals surface area contributed by atoms with Gasteiger partial charge in [0.1, 0.15) is 0 Å². The Balaban J connectivity index is 5.59. The van der Waals surface area contributed by atoms with Gasteiger partial charge in [-0.05, 0) is 38.5 Å². The second kappa shape index (κ2) is 8.65. The predicted octanol–water partition coefficient (Wildman–Crippen LogP) is 4.86. The molecular weight excluding hydrogens is 238 g/mol. The number of thiol groups is 1. The van der Waals surface area contributed by atoms with Crippen LogP contribution in [0.2, 0.25) is 0 Å². The maximum Gasteiger partial charge on any atom is 0.0500 e. The molecule has 1 nitrogen and oxygen atoms in total. The van der Waals surface area contributed by atoms with Crippen LogP contribution in [-0.4, -0.2) is 11.9 Å². The fourth-order valence-corrected chi connectivity index (χ4v) is 1.99. The average Bonchev–Trinajstić information content (AvgIpc) is 2.36. The van der Waals surface area contributed by atoms with Gasteiger partial charge in [0.2, 0.25) is 0 Å². The van der Waals surface area contributed by atoms with Crippen LogP contribution in [0.15, 0.2) is 71.5 Å². The van der Waals surface area contributed by atoms with Crippen molar-refractivity contribution in [2.45, 2.75) is 20.8 Å². The van der Waals surface area contributed by atoms with Gasteiger partial charge in [-0.3, -0.25) is 0 Å². The summed E-state index contributed by atoms with van der Waals surface area (Å²) >= 11 is 4.49. The van der Waals surface area contributed by atoms with Crippen molar-refractivity contribution in [2.75, 3.05) is 7.05 Å². The molecule has 0 rings (SSSR count). The molecule has 0 aromatic heterocycles. The number of nitrogens with zero attached hydrogens (tertiary/aromatic N) is 1. The lowest BCUT2D eigenvalue weighted by atomic mass is 10.1. The van der Waals surface area contributed by atoms with E-state index in [9.17, 15) is 0 Å². The van der Waals surface area contributed by atoms with Crippen LogP contribution < -0.4 is 0 Å². The quantitative estimate of drug-likeness (QED) is 0.528. The van der Waals surface area contributed by atoms with Crippen molar-refractivity contribution < 1.29 is 0 Å². The molecule has 0 aliphatic heterocycles. The Morgan fingerprint density at radius 2 is 1.83 bits per heavy atom. The molecular formula is C16H23NS. The van der Waals surface area contributed by atoms with Crippen LogP contribution in [0.4, 0.5) is 0 Å². The van der Waals surface area contributed by atoms with Gasteiger partial charge in [-0.1, -0.05) is 37.5 Å². The highest BCUT2D eigenvalue weighted by Gasteiger charge is 2.10. The number of hydrogen-bond acceptors (Lipinski definition) is 2. The first-order valence-corrected chi connectivity index (χ1v) is 6.36. The summed E-state index contributed by atoms with van der Waals surface area (Å²) in [5.74, 6) is 0. The van der Waals surface area contributed by atoms with Crippen molar-refractivity contribution in [1.29, 1.82) is 0 Å². The summed E-state index contributed by atoms with van der Waals surface area (Å²) in [5, 5.41) is 0. The molecule has 0 radical (unpaired) electrons. The molecule has 0 aliphatic carbocycles. The minimum Gasteiger partial charge on any atom is -0.344 e. The van der Waals surface area contributed by atoms with E-state index in [0.29, 0.717) is 0 Å². The van der Waals surface area contributed by atoms with E-state index in [1.165, 1.54) is 0 Å². The fourth-order valence-electron chi connectivity index (χ4n) is 1.61. The molecule has 0 fully saturated rings. The third-order valence-electron chi connectivity index (χ3n) is 2.57. The first-order valence-electron chi connectivity index (χ1n) is 5.91.